The molecule has 0 amide bonds. The van der Waals surface area contributed by atoms with Gasteiger partial charge in [0.05, 0.1) is 6.07 Å². The highest BCUT2D eigenvalue weighted by Crippen LogP contribution is 2.17. The molecule has 76 valence electrons. The van der Waals surface area contributed by atoms with Crippen molar-refractivity contribution in [1.29, 1.82) is 0 Å². The third-order valence-corrected chi connectivity index (χ3v) is 2.10. The largest absolute Gasteiger partial charge is 0.543 e. The van der Waals surface area contributed by atoms with Crippen molar-refractivity contribution in [2.45, 2.75) is 19.9 Å². The summed E-state index contributed by atoms with van der Waals surface area (Å²) < 4.78 is 1.09. The number of hydrogen-bond donors (Lipinski definition) is 2. The summed E-state index contributed by atoms with van der Waals surface area (Å²) in [6.45, 7) is 2.87. The van der Waals surface area contributed by atoms with Crippen LogP contribution in [0.1, 0.15) is 18.7 Å². The standard InChI is InChI=1S/C9H11NO4/c1-5-7(11)3-4-8(12)10(5)6(2)9(13)14/h3-4,6H,1-2H3,(H2,11,13,14). The Bertz CT molecular complexity index is 375. The van der Waals surface area contributed by atoms with Crippen molar-refractivity contribution in [3.05, 3.63) is 17.8 Å². The van der Waals surface area contributed by atoms with Gasteiger partial charge in [0.25, 0.3) is 0 Å². The third-order valence-electron chi connectivity index (χ3n) is 2.10. The molecule has 1 atom stereocenters. The molecule has 0 aliphatic heterocycles. The van der Waals surface area contributed by atoms with E-state index >= 15 is 0 Å². The lowest BCUT2D eigenvalue weighted by Gasteiger charge is -2.11. The van der Waals surface area contributed by atoms with E-state index in [1.54, 1.807) is 0 Å². The maximum Gasteiger partial charge on any atom is 0.366 e. The molecule has 0 bridgehead atoms. The van der Waals surface area contributed by atoms with E-state index in [4.69, 9.17) is 0 Å². The van der Waals surface area contributed by atoms with Gasteiger partial charge in [0.15, 0.2) is 11.8 Å². The molecule has 5 heteroatoms. The predicted molar refractivity (Wildman–Crippen MR) is 44.4 cm³/mol. The van der Waals surface area contributed by atoms with Gasteiger partial charge in [-0.1, -0.05) is 0 Å². The molecule has 2 N–H and O–H groups in total. The van der Waals surface area contributed by atoms with Crippen LogP contribution < -0.4 is 9.67 Å². The van der Waals surface area contributed by atoms with Gasteiger partial charge in [0, 0.05) is 13.8 Å². The van der Waals surface area contributed by atoms with Gasteiger partial charge in [-0.2, -0.15) is 4.57 Å². The van der Waals surface area contributed by atoms with E-state index in [1.165, 1.54) is 26.0 Å². The first-order valence-corrected chi connectivity index (χ1v) is 4.09. The maximum absolute atomic E-state index is 10.6. The number of carboxylic acid groups (broad SMARTS) is 1. The van der Waals surface area contributed by atoms with Gasteiger partial charge in [0.2, 0.25) is 5.69 Å². The fourth-order valence-corrected chi connectivity index (χ4v) is 1.24. The second-order valence-electron chi connectivity index (χ2n) is 3.03. The predicted octanol–water partition coefficient (Wildman–Crippen LogP) is -0.995. The highest BCUT2D eigenvalue weighted by molar-refractivity contribution is 5.67. The van der Waals surface area contributed by atoms with Crippen LogP contribution in [0.4, 0.5) is 0 Å². The summed E-state index contributed by atoms with van der Waals surface area (Å²) in [5, 5.41) is 29.3. The number of pyridine rings is 1. The quantitative estimate of drug-likeness (QED) is 0.596. The minimum atomic E-state index is -1.32. The first-order chi connectivity index (χ1) is 6.45. The smallest absolute Gasteiger partial charge is 0.366 e. The number of aliphatic carboxylic acids is 1. The van der Waals surface area contributed by atoms with Crippen LogP contribution in [-0.4, -0.2) is 16.2 Å². The maximum atomic E-state index is 10.6. The molecular weight excluding hydrogens is 186 g/mol. The lowest BCUT2D eigenvalue weighted by Crippen LogP contribution is -2.49. The van der Waals surface area contributed by atoms with Crippen molar-refractivity contribution in [2.24, 2.45) is 0 Å². The summed E-state index contributed by atoms with van der Waals surface area (Å²) in [5.74, 6) is -1.62. The van der Waals surface area contributed by atoms with Crippen LogP contribution in [0.15, 0.2) is 12.1 Å². The molecule has 14 heavy (non-hydrogen) atoms. The summed E-state index contributed by atoms with van der Waals surface area (Å²) >= 11 is 0. The number of carboxylic acids is 1. The number of carbonyl (C=O) groups excluding carboxylic acids is 1. The number of rotatable bonds is 2. The van der Waals surface area contributed by atoms with Gasteiger partial charge < -0.3 is 20.1 Å². The summed E-state index contributed by atoms with van der Waals surface area (Å²) in [7, 11) is 0. The van der Waals surface area contributed by atoms with Crippen LogP contribution in [0.5, 0.6) is 11.6 Å². The SMILES string of the molecule is Cc1c(O)ccc(O)[n+]1C(C)C(=O)[O-]. The lowest BCUT2D eigenvalue weighted by atomic mass is 10.2. The van der Waals surface area contributed by atoms with Gasteiger partial charge in [-0.15, -0.1) is 0 Å². The minimum absolute atomic E-state index is 0.0732. The molecular formula is C9H11NO4. The summed E-state index contributed by atoms with van der Waals surface area (Å²) in [4.78, 5) is 10.6. The van der Waals surface area contributed by atoms with Crippen LogP contribution in [0.2, 0.25) is 0 Å². The van der Waals surface area contributed by atoms with Crippen molar-refractivity contribution in [3.63, 3.8) is 0 Å². The second-order valence-corrected chi connectivity index (χ2v) is 3.03. The Labute approximate surface area is 80.9 Å². The van der Waals surface area contributed by atoms with Gasteiger partial charge in [0.1, 0.15) is 5.97 Å². The zero-order valence-electron chi connectivity index (χ0n) is 7.89. The third kappa shape index (κ3) is 1.61. The Hall–Kier alpha value is -1.78. The van der Waals surface area contributed by atoms with Gasteiger partial charge in [-0.3, -0.25) is 0 Å². The molecule has 0 saturated heterocycles. The highest BCUT2D eigenvalue weighted by Gasteiger charge is 2.24. The van der Waals surface area contributed by atoms with Crippen LogP contribution in [0, 0.1) is 6.92 Å². The van der Waals surface area contributed by atoms with Crippen molar-refractivity contribution < 1.29 is 24.7 Å². The molecule has 1 unspecified atom stereocenters. The molecule has 5 nitrogen and oxygen atoms in total. The average Bonchev–Trinajstić information content (AvgIpc) is 2.12. The minimum Gasteiger partial charge on any atom is -0.543 e. The Morgan fingerprint density at radius 2 is 2.07 bits per heavy atom. The summed E-state index contributed by atoms with van der Waals surface area (Å²) in [5.41, 5.74) is 0.279. The molecule has 0 saturated carbocycles. The first kappa shape index (κ1) is 10.3. The second kappa shape index (κ2) is 3.53. The molecule has 0 spiro atoms. The van der Waals surface area contributed by atoms with E-state index in [-0.39, 0.29) is 17.3 Å². The summed E-state index contributed by atoms with van der Waals surface area (Å²) in [6, 6.07) is 1.49. The van der Waals surface area contributed by atoms with Crippen LogP contribution >= 0.6 is 0 Å². The number of nitrogens with zero attached hydrogens (tertiary/aromatic N) is 1. The van der Waals surface area contributed by atoms with Gasteiger partial charge in [-0.25, -0.2) is 0 Å². The fourth-order valence-electron chi connectivity index (χ4n) is 1.24. The Morgan fingerprint density at radius 3 is 2.57 bits per heavy atom. The molecule has 1 aromatic rings. The molecule has 0 aromatic carbocycles. The van der Waals surface area contributed by atoms with E-state index in [0.717, 1.165) is 4.57 Å². The summed E-state index contributed by atoms with van der Waals surface area (Å²) in [6.07, 6.45) is 0. The fraction of sp³-hybridized carbons (Fsp3) is 0.333. The van der Waals surface area contributed by atoms with Gasteiger partial charge in [-0.05, 0) is 6.07 Å². The number of hydrogen-bond acceptors (Lipinski definition) is 4. The molecule has 0 aliphatic carbocycles. The number of aromatic hydroxyl groups is 2. The van der Waals surface area contributed by atoms with Crippen LogP contribution in [0.3, 0.4) is 0 Å². The van der Waals surface area contributed by atoms with Crippen molar-refractivity contribution in [1.82, 2.24) is 0 Å². The normalized spacial score (nSPS) is 12.4. The van der Waals surface area contributed by atoms with E-state index in [2.05, 4.69) is 0 Å². The molecule has 0 radical (unpaired) electrons. The molecule has 0 aliphatic rings. The highest BCUT2D eigenvalue weighted by atomic mass is 16.4. The topological polar surface area (TPSA) is 84.5 Å². The van der Waals surface area contributed by atoms with Gasteiger partial charge >= 0.3 is 5.88 Å². The average molecular weight is 197 g/mol. The Kier molecular flexibility index (Phi) is 2.60. The van der Waals surface area contributed by atoms with Crippen molar-refractivity contribution in [2.75, 3.05) is 0 Å². The molecule has 1 heterocycles. The Balaban J connectivity index is 3.32. The monoisotopic (exact) mass is 197 g/mol. The van der Waals surface area contributed by atoms with Crippen molar-refractivity contribution >= 4 is 5.97 Å². The lowest BCUT2D eigenvalue weighted by molar-refractivity contribution is -0.723. The van der Waals surface area contributed by atoms with Crippen LogP contribution in [-0.2, 0) is 4.79 Å². The van der Waals surface area contributed by atoms with E-state index < -0.39 is 12.0 Å². The Morgan fingerprint density at radius 1 is 1.50 bits per heavy atom. The zero-order valence-corrected chi connectivity index (χ0v) is 7.89. The van der Waals surface area contributed by atoms with Crippen molar-refractivity contribution in [3.8, 4) is 11.6 Å². The number of carbonyl (C=O) groups is 1. The first-order valence-electron chi connectivity index (χ1n) is 4.09. The number of aromatic nitrogens is 1. The zero-order chi connectivity index (χ0) is 10.9. The van der Waals surface area contributed by atoms with Crippen LogP contribution in [0.25, 0.3) is 0 Å². The molecule has 1 rings (SSSR count). The molecule has 1 aromatic heterocycles. The van der Waals surface area contributed by atoms with E-state index in [1.807, 2.05) is 0 Å². The van der Waals surface area contributed by atoms with E-state index in [9.17, 15) is 20.1 Å². The van der Waals surface area contributed by atoms with E-state index in [0.29, 0.717) is 0 Å². The molecule has 0 fully saturated rings.